The normalized spacial score (nSPS) is 10.9. The first kappa shape index (κ1) is 24.3. The molecule has 3 N–H and O–H groups in total. The van der Waals surface area contributed by atoms with Crippen molar-refractivity contribution in [2.45, 2.75) is 38.7 Å². The fourth-order valence-electron chi connectivity index (χ4n) is 3.45. The van der Waals surface area contributed by atoms with Crippen molar-refractivity contribution in [3.8, 4) is 5.75 Å². The van der Waals surface area contributed by atoms with Gasteiger partial charge in [-0.2, -0.15) is 5.10 Å². The summed E-state index contributed by atoms with van der Waals surface area (Å²) in [6, 6.07) is 15.8. The highest BCUT2D eigenvalue weighted by Crippen LogP contribution is 2.18. The highest BCUT2D eigenvalue weighted by Gasteiger charge is 2.15. The number of nitrogen functional groups attached to an aromatic ring is 1. The molecule has 0 fully saturated rings. The molecule has 0 spiro atoms. The average molecular weight is 496 g/mol. The highest BCUT2D eigenvalue weighted by atomic mass is 32.2. The number of carbonyl (C=O) groups is 1. The summed E-state index contributed by atoms with van der Waals surface area (Å²) >= 11 is 1.18. The third kappa shape index (κ3) is 6.18. The Kier molecular flexibility index (Phi) is 7.66. The van der Waals surface area contributed by atoms with E-state index in [-0.39, 0.29) is 24.1 Å². The van der Waals surface area contributed by atoms with Gasteiger partial charge in [0.15, 0.2) is 5.82 Å². The lowest BCUT2D eigenvalue weighted by Crippen LogP contribution is -2.25. The molecule has 0 unspecified atom stereocenters. The van der Waals surface area contributed by atoms with Crippen LogP contribution in [0, 0.1) is 19.7 Å². The number of ether oxygens (including phenoxy) is 1. The molecule has 2 heterocycles. The van der Waals surface area contributed by atoms with Crippen LogP contribution in [0.25, 0.3) is 0 Å². The van der Waals surface area contributed by atoms with Crippen molar-refractivity contribution in [2.75, 3.05) is 11.6 Å². The number of aromatic nitrogens is 5. The molecular formula is C24H26FN7O2S. The minimum Gasteiger partial charge on any atom is -0.486 e. The van der Waals surface area contributed by atoms with Crippen molar-refractivity contribution >= 4 is 17.7 Å². The van der Waals surface area contributed by atoms with E-state index in [1.807, 2.05) is 36.7 Å². The second-order valence-corrected chi connectivity index (χ2v) is 8.81. The Bertz CT molecular complexity index is 1290. The SMILES string of the molecule is Cc1nn(Cc2ccccc2)c(C)c1CNC(=O)CSc1nnc(COc2ccc(F)cc2)n1N. The summed E-state index contributed by atoms with van der Waals surface area (Å²) in [4.78, 5) is 12.5. The number of rotatable bonds is 10. The van der Waals surface area contributed by atoms with E-state index >= 15 is 0 Å². The van der Waals surface area contributed by atoms with Crippen molar-refractivity contribution in [1.29, 1.82) is 0 Å². The Labute approximate surface area is 206 Å². The zero-order valence-corrected chi connectivity index (χ0v) is 20.3. The number of amides is 1. The molecule has 0 aliphatic rings. The van der Waals surface area contributed by atoms with Crippen molar-refractivity contribution in [3.05, 3.63) is 88.8 Å². The third-order valence-electron chi connectivity index (χ3n) is 5.42. The molecule has 0 saturated carbocycles. The summed E-state index contributed by atoms with van der Waals surface area (Å²) < 4.78 is 21.8. The van der Waals surface area contributed by atoms with Crippen LogP contribution in [0.15, 0.2) is 59.8 Å². The summed E-state index contributed by atoms with van der Waals surface area (Å²) in [5, 5.41) is 16.0. The number of nitrogens with one attached hydrogen (secondary N) is 1. The second-order valence-electron chi connectivity index (χ2n) is 7.87. The quantitative estimate of drug-likeness (QED) is 0.257. The van der Waals surface area contributed by atoms with Gasteiger partial charge < -0.3 is 15.9 Å². The van der Waals surface area contributed by atoms with Gasteiger partial charge in [0.1, 0.15) is 18.2 Å². The first-order chi connectivity index (χ1) is 16.9. The molecule has 11 heteroatoms. The van der Waals surface area contributed by atoms with Crippen LogP contribution < -0.4 is 15.9 Å². The zero-order chi connectivity index (χ0) is 24.8. The molecular weight excluding hydrogens is 469 g/mol. The van der Waals surface area contributed by atoms with Crippen molar-refractivity contribution in [3.63, 3.8) is 0 Å². The fraction of sp³-hybridized carbons (Fsp3) is 0.250. The number of hydrogen-bond acceptors (Lipinski definition) is 7. The van der Waals surface area contributed by atoms with Crippen LogP contribution in [0.3, 0.4) is 0 Å². The molecule has 0 bridgehead atoms. The molecule has 1 amide bonds. The van der Waals surface area contributed by atoms with Gasteiger partial charge in [-0.1, -0.05) is 42.1 Å². The van der Waals surface area contributed by atoms with Crippen LogP contribution in [0.2, 0.25) is 0 Å². The minimum atomic E-state index is -0.345. The molecule has 9 nitrogen and oxygen atoms in total. The number of nitrogens with zero attached hydrogens (tertiary/aromatic N) is 5. The molecule has 2 aromatic carbocycles. The van der Waals surface area contributed by atoms with Crippen molar-refractivity contribution < 1.29 is 13.9 Å². The molecule has 0 aliphatic carbocycles. The van der Waals surface area contributed by atoms with Crippen molar-refractivity contribution in [2.24, 2.45) is 0 Å². The molecule has 0 atom stereocenters. The monoisotopic (exact) mass is 495 g/mol. The largest absolute Gasteiger partial charge is 0.486 e. The standard InChI is InChI=1S/C24H26FN7O2S/c1-16-21(17(2)31(30-16)13-18-6-4-3-5-7-18)12-27-23(33)15-35-24-29-28-22(32(24)26)14-34-20-10-8-19(25)9-11-20/h3-11H,12-15,26H2,1-2H3,(H,27,33). The number of nitrogens with two attached hydrogens (primary N) is 1. The van der Waals surface area contributed by atoms with E-state index in [1.165, 1.54) is 46.3 Å². The molecule has 4 aromatic rings. The lowest BCUT2D eigenvalue weighted by molar-refractivity contribution is -0.118. The minimum absolute atomic E-state index is 0.0629. The van der Waals surface area contributed by atoms with Gasteiger partial charge >= 0.3 is 0 Å². The van der Waals surface area contributed by atoms with Crippen molar-refractivity contribution in [1.82, 2.24) is 30.0 Å². The van der Waals surface area contributed by atoms with Gasteiger partial charge in [0.2, 0.25) is 11.1 Å². The topological polar surface area (TPSA) is 113 Å². The highest BCUT2D eigenvalue weighted by molar-refractivity contribution is 7.99. The van der Waals surface area contributed by atoms with Gasteiger partial charge in [-0.3, -0.25) is 9.48 Å². The zero-order valence-electron chi connectivity index (χ0n) is 19.4. The summed E-state index contributed by atoms with van der Waals surface area (Å²) in [6.45, 7) is 5.07. The maximum absolute atomic E-state index is 13.0. The van der Waals surface area contributed by atoms with Crippen LogP contribution in [0.4, 0.5) is 4.39 Å². The first-order valence-electron chi connectivity index (χ1n) is 10.9. The summed E-state index contributed by atoms with van der Waals surface area (Å²) in [6.07, 6.45) is 0. The van der Waals surface area contributed by atoms with E-state index in [4.69, 9.17) is 10.6 Å². The van der Waals surface area contributed by atoms with E-state index < -0.39 is 0 Å². The number of aryl methyl sites for hydroxylation is 1. The predicted octanol–water partition coefficient (Wildman–Crippen LogP) is 2.98. The van der Waals surface area contributed by atoms with Crippen LogP contribution in [-0.2, 0) is 24.5 Å². The van der Waals surface area contributed by atoms with Gasteiger partial charge in [-0.25, -0.2) is 9.07 Å². The number of halogens is 1. The number of carbonyl (C=O) groups excluding carboxylic acids is 1. The number of hydrogen-bond donors (Lipinski definition) is 2. The van der Waals surface area contributed by atoms with Gasteiger partial charge in [0, 0.05) is 17.8 Å². The van der Waals surface area contributed by atoms with Gasteiger partial charge in [-0.15, -0.1) is 10.2 Å². The van der Waals surface area contributed by atoms with E-state index in [9.17, 15) is 9.18 Å². The Morgan fingerprint density at radius 2 is 1.86 bits per heavy atom. The van der Waals surface area contributed by atoms with E-state index in [0.29, 0.717) is 29.8 Å². The maximum Gasteiger partial charge on any atom is 0.230 e. The van der Waals surface area contributed by atoms with Gasteiger partial charge in [-0.05, 0) is 43.7 Å². The van der Waals surface area contributed by atoms with Gasteiger partial charge in [0.25, 0.3) is 0 Å². The molecule has 0 radical (unpaired) electrons. The average Bonchev–Trinajstić information content (AvgIpc) is 3.34. The lowest BCUT2D eigenvalue weighted by atomic mass is 10.2. The van der Waals surface area contributed by atoms with E-state index in [1.54, 1.807) is 0 Å². The van der Waals surface area contributed by atoms with Gasteiger partial charge in [0.05, 0.1) is 18.0 Å². The number of thioether (sulfide) groups is 1. The molecule has 0 aliphatic heterocycles. The van der Waals surface area contributed by atoms with Crippen LogP contribution in [-0.4, -0.2) is 36.3 Å². The molecule has 4 rings (SSSR count). The first-order valence-corrected chi connectivity index (χ1v) is 11.9. The van der Waals surface area contributed by atoms with Crippen LogP contribution in [0.5, 0.6) is 5.75 Å². The summed E-state index contributed by atoms with van der Waals surface area (Å²) in [5.41, 5.74) is 4.07. The van der Waals surface area contributed by atoms with E-state index in [0.717, 1.165) is 17.0 Å². The van der Waals surface area contributed by atoms with E-state index in [2.05, 4.69) is 32.7 Å². The molecule has 35 heavy (non-hydrogen) atoms. The Morgan fingerprint density at radius 3 is 2.60 bits per heavy atom. The smallest absolute Gasteiger partial charge is 0.230 e. The predicted molar refractivity (Wildman–Crippen MR) is 131 cm³/mol. The Balaban J connectivity index is 1.27. The maximum atomic E-state index is 13.0. The van der Waals surface area contributed by atoms with Crippen LogP contribution in [0.1, 0.15) is 28.3 Å². The second kappa shape index (κ2) is 11.0. The lowest BCUT2D eigenvalue weighted by Gasteiger charge is -2.08. The number of benzene rings is 2. The Hall–Kier alpha value is -3.86. The summed E-state index contributed by atoms with van der Waals surface area (Å²) in [5.74, 6) is 6.54. The Morgan fingerprint density at radius 1 is 1.11 bits per heavy atom. The fourth-order valence-corrected chi connectivity index (χ4v) is 4.16. The third-order valence-corrected chi connectivity index (χ3v) is 6.36. The molecule has 0 saturated heterocycles. The van der Waals surface area contributed by atoms with Crippen LogP contribution >= 0.6 is 11.8 Å². The molecule has 2 aromatic heterocycles. The summed E-state index contributed by atoms with van der Waals surface area (Å²) in [7, 11) is 0. The molecule has 182 valence electrons.